The predicted molar refractivity (Wildman–Crippen MR) is 114 cm³/mol. The lowest BCUT2D eigenvalue weighted by molar-refractivity contribution is 0.292. The molecule has 0 amide bonds. The molecular formula is C17H35IN6O. The maximum atomic E-state index is 5.11. The summed E-state index contributed by atoms with van der Waals surface area (Å²) in [4.78, 5) is 10.9. The third kappa shape index (κ3) is 10.6. The molecule has 1 aromatic rings. The molecule has 0 aromatic carbocycles. The van der Waals surface area contributed by atoms with E-state index < -0.39 is 0 Å². The van der Waals surface area contributed by atoms with E-state index in [4.69, 9.17) is 4.52 Å². The second-order valence-electron chi connectivity index (χ2n) is 6.05. The second kappa shape index (κ2) is 14.3. The molecule has 1 rings (SSSR count). The number of guanidine groups is 1. The van der Waals surface area contributed by atoms with Crippen LogP contribution in [-0.2, 0) is 6.42 Å². The van der Waals surface area contributed by atoms with Crippen LogP contribution in [0.25, 0.3) is 0 Å². The Morgan fingerprint density at radius 2 is 2.00 bits per heavy atom. The largest absolute Gasteiger partial charge is 0.356 e. The molecule has 0 saturated heterocycles. The number of aryl methyl sites for hydroxylation is 2. The minimum Gasteiger partial charge on any atom is -0.356 e. The molecule has 0 fully saturated rings. The number of halogens is 1. The van der Waals surface area contributed by atoms with Crippen molar-refractivity contribution >= 4 is 29.9 Å². The molecule has 8 heteroatoms. The van der Waals surface area contributed by atoms with Crippen LogP contribution in [0.1, 0.15) is 51.7 Å². The Bertz CT molecular complexity index is 475. The van der Waals surface area contributed by atoms with Gasteiger partial charge in [0.25, 0.3) is 0 Å². The summed E-state index contributed by atoms with van der Waals surface area (Å²) < 4.78 is 5.11. The summed E-state index contributed by atoms with van der Waals surface area (Å²) >= 11 is 0. The minimum absolute atomic E-state index is 0. The Morgan fingerprint density at radius 1 is 1.28 bits per heavy atom. The molecule has 146 valence electrons. The first-order valence-electron chi connectivity index (χ1n) is 9.07. The number of hydrogen-bond donors (Lipinski definition) is 2. The first-order valence-corrected chi connectivity index (χ1v) is 9.07. The zero-order valence-electron chi connectivity index (χ0n) is 16.3. The molecule has 0 bridgehead atoms. The molecule has 0 radical (unpaired) electrons. The summed E-state index contributed by atoms with van der Waals surface area (Å²) in [6.45, 7) is 12.7. The van der Waals surface area contributed by atoms with E-state index >= 15 is 0 Å². The van der Waals surface area contributed by atoms with Gasteiger partial charge in [-0.15, -0.1) is 24.0 Å². The minimum atomic E-state index is 0. The fourth-order valence-electron chi connectivity index (χ4n) is 2.55. The van der Waals surface area contributed by atoms with E-state index in [1.165, 1.54) is 6.42 Å². The molecule has 0 aliphatic heterocycles. The van der Waals surface area contributed by atoms with Gasteiger partial charge in [0.1, 0.15) is 0 Å². The van der Waals surface area contributed by atoms with Gasteiger partial charge in [0.05, 0.1) is 0 Å². The maximum Gasteiger partial charge on any atom is 0.226 e. The van der Waals surface area contributed by atoms with Crippen molar-refractivity contribution in [3.63, 3.8) is 0 Å². The third-order valence-electron chi connectivity index (χ3n) is 4.04. The Morgan fingerprint density at radius 3 is 2.56 bits per heavy atom. The second-order valence-corrected chi connectivity index (χ2v) is 6.05. The number of hydrogen-bond acceptors (Lipinski definition) is 5. The highest BCUT2D eigenvalue weighted by Gasteiger charge is 2.07. The van der Waals surface area contributed by atoms with Crippen molar-refractivity contribution in [1.29, 1.82) is 0 Å². The van der Waals surface area contributed by atoms with Crippen molar-refractivity contribution in [2.75, 3.05) is 33.2 Å². The van der Waals surface area contributed by atoms with Gasteiger partial charge in [-0.25, -0.2) is 0 Å². The van der Waals surface area contributed by atoms with Crippen molar-refractivity contribution in [2.45, 2.75) is 59.4 Å². The van der Waals surface area contributed by atoms with Gasteiger partial charge < -0.3 is 20.1 Å². The van der Waals surface area contributed by atoms with Crippen LogP contribution in [0.3, 0.4) is 0 Å². The Hall–Kier alpha value is -0.900. The van der Waals surface area contributed by atoms with E-state index in [2.05, 4.69) is 51.4 Å². The lowest BCUT2D eigenvalue weighted by Crippen LogP contribution is -2.42. The molecule has 0 spiro atoms. The number of nitrogens with one attached hydrogen (secondary N) is 2. The Kier molecular flexibility index (Phi) is 13.8. The van der Waals surface area contributed by atoms with Gasteiger partial charge in [-0.1, -0.05) is 19.0 Å². The normalized spacial score (nSPS) is 12.8. The van der Waals surface area contributed by atoms with E-state index in [1.807, 2.05) is 6.92 Å². The lowest BCUT2D eigenvalue weighted by atomic mass is 10.2. The van der Waals surface area contributed by atoms with Crippen molar-refractivity contribution in [3.05, 3.63) is 11.7 Å². The van der Waals surface area contributed by atoms with Crippen LogP contribution in [0, 0.1) is 6.92 Å². The maximum absolute atomic E-state index is 5.11. The lowest BCUT2D eigenvalue weighted by Gasteiger charge is -2.21. The number of aliphatic imine (C=N–C) groups is 1. The van der Waals surface area contributed by atoms with E-state index in [0.29, 0.717) is 17.8 Å². The summed E-state index contributed by atoms with van der Waals surface area (Å²) in [6.07, 6.45) is 4.05. The molecular weight excluding hydrogens is 431 g/mol. The number of nitrogens with zero attached hydrogens (tertiary/aromatic N) is 4. The summed E-state index contributed by atoms with van der Waals surface area (Å²) in [5.41, 5.74) is 0. The van der Waals surface area contributed by atoms with Crippen molar-refractivity contribution < 1.29 is 4.52 Å². The average molecular weight is 466 g/mol. The fourth-order valence-corrected chi connectivity index (χ4v) is 2.55. The third-order valence-corrected chi connectivity index (χ3v) is 4.04. The molecule has 7 nitrogen and oxygen atoms in total. The summed E-state index contributed by atoms with van der Waals surface area (Å²) in [5, 5.41) is 10.6. The van der Waals surface area contributed by atoms with E-state index in [1.54, 1.807) is 7.05 Å². The van der Waals surface area contributed by atoms with Crippen LogP contribution in [0.2, 0.25) is 0 Å². The molecule has 1 aromatic heterocycles. The highest BCUT2D eigenvalue weighted by molar-refractivity contribution is 14.0. The highest BCUT2D eigenvalue weighted by Crippen LogP contribution is 2.01. The molecule has 1 heterocycles. The first-order chi connectivity index (χ1) is 11.6. The molecule has 1 atom stereocenters. The Balaban J connectivity index is 0.00000576. The molecule has 2 N–H and O–H groups in total. The van der Waals surface area contributed by atoms with Crippen LogP contribution in [0.5, 0.6) is 0 Å². The van der Waals surface area contributed by atoms with Gasteiger partial charge in [0.15, 0.2) is 11.8 Å². The predicted octanol–water partition coefficient (Wildman–Crippen LogP) is 2.60. The van der Waals surface area contributed by atoms with Gasteiger partial charge in [0, 0.05) is 26.1 Å². The van der Waals surface area contributed by atoms with Gasteiger partial charge in [-0.05, 0) is 52.7 Å². The smallest absolute Gasteiger partial charge is 0.226 e. The van der Waals surface area contributed by atoms with Gasteiger partial charge in [0.2, 0.25) is 5.89 Å². The highest BCUT2D eigenvalue weighted by atomic mass is 127. The van der Waals surface area contributed by atoms with Crippen molar-refractivity contribution in [3.8, 4) is 0 Å². The summed E-state index contributed by atoms with van der Waals surface area (Å²) in [6, 6.07) is 0.408. The zero-order valence-corrected chi connectivity index (χ0v) is 18.7. The fraction of sp³-hybridized carbons (Fsp3) is 0.824. The van der Waals surface area contributed by atoms with Crippen LogP contribution in [-0.4, -0.2) is 60.3 Å². The Labute approximate surface area is 169 Å². The quantitative estimate of drug-likeness (QED) is 0.226. The molecule has 0 aliphatic carbocycles. The van der Waals surface area contributed by atoms with E-state index in [-0.39, 0.29) is 24.0 Å². The van der Waals surface area contributed by atoms with Gasteiger partial charge in [-0.2, -0.15) is 4.98 Å². The van der Waals surface area contributed by atoms with E-state index in [9.17, 15) is 0 Å². The van der Waals surface area contributed by atoms with Gasteiger partial charge in [-0.3, -0.25) is 4.99 Å². The zero-order chi connectivity index (χ0) is 17.8. The van der Waals surface area contributed by atoms with Crippen LogP contribution in [0.4, 0.5) is 0 Å². The van der Waals surface area contributed by atoms with E-state index in [0.717, 1.165) is 51.4 Å². The number of rotatable bonds is 11. The first kappa shape index (κ1) is 24.1. The van der Waals surface area contributed by atoms with Gasteiger partial charge >= 0.3 is 0 Å². The number of aromatic nitrogens is 2. The average Bonchev–Trinajstić information content (AvgIpc) is 2.99. The monoisotopic (exact) mass is 466 g/mol. The summed E-state index contributed by atoms with van der Waals surface area (Å²) in [5.74, 6) is 2.24. The molecule has 1 unspecified atom stereocenters. The standard InChI is InChI=1S/C17H34N6O.HI/c1-6-23(7-2)13-9-10-14(3)20-17(18-5)19-12-8-11-16-21-15(4)22-24-16;/h14H,6-13H2,1-5H3,(H2,18,19,20);1H. The van der Waals surface area contributed by atoms with Crippen LogP contribution >= 0.6 is 24.0 Å². The SMILES string of the molecule is CCN(CC)CCCC(C)NC(=NC)NCCCc1nc(C)no1.I. The molecule has 0 saturated carbocycles. The van der Waals surface area contributed by atoms with Crippen LogP contribution in [0.15, 0.2) is 9.52 Å². The summed E-state index contributed by atoms with van der Waals surface area (Å²) in [7, 11) is 1.80. The molecule has 25 heavy (non-hydrogen) atoms. The van der Waals surface area contributed by atoms with Crippen LogP contribution < -0.4 is 10.6 Å². The molecule has 0 aliphatic rings. The topological polar surface area (TPSA) is 78.6 Å². The van der Waals surface area contributed by atoms with Crippen molar-refractivity contribution in [1.82, 2.24) is 25.7 Å². The van der Waals surface area contributed by atoms with Crippen molar-refractivity contribution in [2.24, 2.45) is 4.99 Å².